The molecule has 1 aliphatic heterocycles. The Hall–Kier alpha value is -1.86. The van der Waals surface area contributed by atoms with Gasteiger partial charge in [-0.25, -0.2) is 4.39 Å². The van der Waals surface area contributed by atoms with Crippen LogP contribution in [0.15, 0.2) is 29.3 Å². The third kappa shape index (κ3) is 9.58. The van der Waals surface area contributed by atoms with Crippen molar-refractivity contribution in [1.82, 2.24) is 10.6 Å². The van der Waals surface area contributed by atoms with Gasteiger partial charge in [-0.3, -0.25) is 4.99 Å². The molecule has 0 radical (unpaired) electrons. The number of hydrogen-bond acceptors (Lipinski definition) is 4. The Balaban J connectivity index is 1.52. The number of aliphatic imine (C=N–C) groups is 1. The van der Waals surface area contributed by atoms with Crippen LogP contribution in [0.4, 0.5) is 4.39 Å². The molecule has 0 spiro atoms. The van der Waals surface area contributed by atoms with Crippen molar-refractivity contribution in [3.63, 3.8) is 0 Å². The van der Waals surface area contributed by atoms with Crippen LogP contribution in [0.2, 0.25) is 0 Å². The van der Waals surface area contributed by atoms with Crippen LogP contribution >= 0.6 is 0 Å². The second-order valence-electron chi connectivity index (χ2n) is 6.50. The normalized spacial score (nSPS) is 17.1. The third-order valence-corrected chi connectivity index (χ3v) is 4.13. The number of hydrogen-bond donors (Lipinski definition) is 2. The van der Waals surface area contributed by atoms with Crippen molar-refractivity contribution < 1.29 is 18.6 Å². The van der Waals surface area contributed by atoms with Crippen molar-refractivity contribution in [3.05, 3.63) is 30.1 Å². The Labute approximate surface area is 161 Å². The zero-order valence-corrected chi connectivity index (χ0v) is 16.2. The predicted molar refractivity (Wildman–Crippen MR) is 105 cm³/mol. The summed E-state index contributed by atoms with van der Waals surface area (Å²) >= 11 is 0. The molecule has 0 saturated carbocycles. The number of nitrogens with zero attached hydrogens (tertiary/aromatic N) is 1. The molecule has 0 amide bonds. The highest BCUT2D eigenvalue weighted by Crippen LogP contribution is 2.12. The van der Waals surface area contributed by atoms with Gasteiger partial charge in [0.2, 0.25) is 0 Å². The van der Waals surface area contributed by atoms with Gasteiger partial charge in [0.1, 0.15) is 11.6 Å². The molecule has 1 aromatic rings. The summed E-state index contributed by atoms with van der Waals surface area (Å²) < 4.78 is 29.4. The number of ether oxygens (including phenoxy) is 3. The first-order chi connectivity index (χ1) is 13.3. The molecule has 7 heteroatoms. The van der Waals surface area contributed by atoms with Crippen LogP contribution in [0.3, 0.4) is 0 Å². The van der Waals surface area contributed by atoms with E-state index in [1.165, 1.54) is 12.1 Å². The summed E-state index contributed by atoms with van der Waals surface area (Å²) in [6.45, 7) is 8.13. The number of nitrogens with one attached hydrogen (secondary N) is 2. The summed E-state index contributed by atoms with van der Waals surface area (Å²) in [6, 6.07) is 6.05. The molecule has 1 atom stereocenters. The lowest BCUT2D eigenvalue weighted by atomic mass is 10.1. The minimum Gasteiger partial charge on any atom is -0.494 e. The Kier molecular flexibility index (Phi) is 10.6. The summed E-state index contributed by atoms with van der Waals surface area (Å²) in [5.41, 5.74) is 0. The van der Waals surface area contributed by atoms with Gasteiger partial charge in [-0.2, -0.15) is 0 Å². The van der Waals surface area contributed by atoms with Gasteiger partial charge >= 0.3 is 0 Å². The van der Waals surface area contributed by atoms with Crippen molar-refractivity contribution in [1.29, 1.82) is 0 Å². The smallest absolute Gasteiger partial charge is 0.191 e. The first-order valence-electron chi connectivity index (χ1n) is 9.84. The average Bonchev–Trinajstić information content (AvgIpc) is 3.19. The predicted octanol–water partition coefficient (Wildman–Crippen LogP) is 2.59. The first-order valence-corrected chi connectivity index (χ1v) is 9.84. The van der Waals surface area contributed by atoms with E-state index in [4.69, 9.17) is 14.2 Å². The van der Waals surface area contributed by atoms with E-state index in [9.17, 15) is 4.39 Å². The second kappa shape index (κ2) is 13.3. The molecule has 0 aromatic heterocycles. The quantitative estimate of drug-likeness (QED) is 0.331. The maximum absolute atomic E-state index is 12.8. The Morgan fingerprint density at radius 2 is 2.07 bits per heavy atom. The molecule has 1 aliphatic rings. The molecule has 0 aliphatic carbocycles. The van der Waals surface area contributed by atoms with Gasteiger partial charge < -0.3 is 24.8 Å². The van der Waals surface area contributed by atoms with Gasteiger partial charge in [-0.1, -0.05) is 0 Å². The molecule has 1 heterocycles. The van der Waals surface area contributed by atoms with E-state index in [1.807, 2.05) is 6.92 Å². The number of rotatable bonds is 12. The Morgan fingerprint density at radius 1 is 1.22 bits per heavy atom. The van der Waals surface area contributed by atoms with Crippen molar-refractivity contribution in [2.24, 2.45) is 10.9 Å². The maximum Gasteiger partial charge on any atom is 0.191 e. The zero-order valence-electron chi connectivity index (χ0n) is 16.2. The lowest BCUT2D eigenvalue weighted by Gasteiger charge is -2.12. The number of benzene rings is 1. The van der Waals surface area contributed by atoms with Gasteiger partial charge in [-0.15, -0.1) is 0 Å². The van der Waals surface area contributed by atoms with Crippen LogP contribution in [-0.4, -0.2) is 58.6 Å². The summed E-state index contributed by atoms with van der Waals surface area (Å²) in [7, 11) is 0. The van der Waals surface area contributed by atoms with E-state index < -0.39 is 0 Å². The van der Waals surface area contributed by atoms with Gasteiger partial charge in [0.15, 0.2) is 5.96 Å². The molecule has 6 nitrogen and oxygen atoms in total. The molecule has 152 valence electrons. The largest absolute Gasteiger partial charge is 0.494 e. The minimum atomic E-state index is -0.258. The van der Waals surface area contributed by atoms with Gasteiger partial charge in [0, 0.05) is 45.2 Å². The lowest BCUT2D eigenvalue weighted by molar-refractivity contribution is 0.0888. The molecular formula is C20H32FN3O3. The topological polar surface area (TPSA) is 64.1 Å². The van der Waals surface area contributed by atoms with Crippen LogP contribution < -0.4 is 15.4 Å². The van der Waals surface area contributed by atoms with Crippen LogP contribution in [-0.2, 0) is 9.47 Å². The zero-order chi connectivity index (χ0) is 19.2. The van der Waals surface area contributed by atoms with Crippen LogP contribution in [0.1, 0.15) is 26.2 Å². The van der Waals surface area contributed by atoms with Gasteiger partial charge in [0.05, 0.1) is 19.8 Å². The van der Waals surface area contributed by atoms with Crippen LogP contribution in [0.25, 0.3) is 0 Å². The number of halogens is 1. The van der Waals surface area contributed by atoms with E-state index in [2.05, 4.69) is 15.6 Å². The highest BCUT2D eigenvalue weighted by molar-refractivity contribution is 5.79. The van der Waals surface area contributed by atoms with Crippen molar-refractivity contribution in [3.8, 4) is 5.75 Å². The van der Waals surface area contributed by atoms with Gasteiger partial charge in [-0.05, 0) is 44.0 Å². The minimum absolute atomic E-state index is 0.258. The van der Waals surface area contributed by atoms with E-state index in [-0.39, 0.29) is 5.82 Å². The number of guanidine groups is 1. The molecule has 1 saturated heterocycles. The van der Waals surface area contributed by atoms with E-state index in [0.29, 0.717) is 24.8 Å². The fourth-order valence-corrected chi connectivity index (χ4v) is 2.66. The molecule has 2 rings (SSSR count). The average molecular weight is 381 g/mol. The van der Waals surface area contributed by atoms with E-state index in [0.717, 1.165) is 64.7 Å². The highest BCUT2D eigenvalue weighted by Gasteiger charge is 2.15. The fraction of sp³-hybridized carbons (Fsp3) is 0.650. The summed E-state index contributed by atoms with van der Waals surface area (Å²) in [6.07, 6.45) is 2.84. The molecule has 1 unspecified atom stereocenters. The molecule has 2 N–H and O–H groups in total. The van der Waals surface area contributed by atoms with Crippen molar-refractivity contribution in [2.75, 3.05) is 52.7 Å². The first kappa shape index (κ1) is 21.4. The van der Waals surface area contributed by atoms with Crippen LogP contribution in [0, 0.1) is 11.7 Å². The van der Waals surface area contributed by atoms with E-state index in [1.54, 1.807) is 12.1 Å². The van der Waals surface area contributed by atoms with Crippen molar-refractivity contribution >= 4 is 5.96 Å². The summed E-state index contributed by atoms with van der Waals surface area (Å²) in [5.74, 6) is 1.79. The summed E-state index contributed by atoms with van der Waals surface area (Å²) in [5, 5.41) is 6.55. The lowest BCUT2D eigenvalue weighted by Crippen LogP contribution is -2.38. The second-order valence-corrected chi connectivity index (χ2v) is 6.50. The van der Waals surface area contributed by atoms with Crippen molar-refractivity contribution in [2.45, 2.75) is 26.2 Å². The molecule has 1 fully saturated rings. The summed E-state index contributed by atoms with van der Waals surface area (Å²) in [4.78, 5) is 4.54. The third-order valence-electron chi connectivity index (χ3n) is 4.13. The molecule has 0 bridgehead atoms. The van der Waals surface area contributed by atoms with Crippen LogP contribution in [0.5, 0.6) is 5.75 Å². The standard InChI is InChI=1S/C20H32FN3O3/c1-2-22-20(23-10-3-12-25-15-17-9-14-26-16-17)24-11-4-13-27-19-7-5-18(21)6-8-19/h5-8,17H,2-4,9-16H2,1H3,(H2,22,23,24). The highest BCUT2D eigenvalue weighted by atomic mass is 19.1. The molecular weight excluding hydrogens is 349 g/mol. The van der Waals surface area contributed by atoms with Gasteiger partial charge in [0.25, 0.3) is 0 Å². The Bertz CT molecular complexity index is 534. The monoisotopic (exact) mass is 381 g/mol. The Morgan fingerprint density at radius 3 is 2.81 bits per heavy atom. The molecule has 1 aromatic carbocycles. The molecule has 27 heavy (non-hydrogen) atoms. The fourth-order valence-electron chi connectivity index (χ4n) is 2.66. The van der Waals surface area contributed by atoms with E-state index >= 15 is 0 Å². The maximum atomic E-state index is 12.8. The SMILES string of the molecule is CCNC(=NCCCOc1ccc(F)cc1)NCCCOCC1CCOC1.